The Morgan fingerprint density at radius 1 is 1.16 bits per heavy atom. The van der Waals surface area contributed by atoms with Gasteiger partial charge in [-0.15, -0.1) is 0 Å². The summed E-state index contributed by atoms with van der Waals surface area (Å²) in [6.45, 7) is 0.166. The molecule has 0 aliphatic rings. The van der Waals surface area contributed by atoms with Gasteiger partial charge in [-0.1, -0.05) is 0 Å². The van der Waals surface area contributed by atoms with Gasteiger partial charge in [0.1, 0.15) is 23.9 Å². The Labute approximate surface area is 144 Å². The quantitative estimate of drug-likeness (QED) is 0.728. The second-order valence-corrected chi connectivity index (χ2v) is 5.20. The van der Waals surface area contributed by atoms with Gasteiger partial charge in [-0.05, 0) is 54.6 Å². The molecule has 5 nitrogen and oxygen atoms in total. The second kappa shape index (κ2) is 7.53. The standard InChI is InChI=1S/C19H16FNO4/c1-23-17-9-4-14(20)11-13(17)12-25-16-7-5-15(6-8-16)21-19(22)18-3-2-10-24-18/h2-11H,12H2,1H3,(H,21,22). The molecule has 1 amide bonds. The minimum absolute atomic E-state index is 0.166. The van der Waals surface area contributed by atoms with E-state index in [1.54, 1.807) is 42.5 Å². The fraction of sp³-hybridized carbons (Fsp3) is 0.105. The number of hydrogen-bond donors (Lipinski definition) is 1. The summed E-state index contributed by atoms with van der Waals surface area (Å²) < 4.78 is 29.2. The summed E-state index contributed by atoms with van der Waals surface area (Å²) in [5.74, 6) is 0.697. The van der Waals surface area contributed by atoms with Gasteiger partial charge in [0.25, 0.3) is 5.91 Å². The zero-order chi connectivity index (χ0) is 17.6. The van der Waals surface area contributed by atoms with Crippen LogP contribution in [0.5, 0.6) is 11.5 Å². The van der Waals surface area contributed by atoms with Gasteiger partial charge in [0.05, 0.1) is 13.4 Å². The molecular weight excluding hydrogens is 325 g/mol. The van der Waals surface area contributed by atoms with Crippen molar-refractivity contribution < 1.29 is 23.1 Å². The minimum Gasteiger partial charge on any atom is -0.496 e. The van der Waals surface area contributed by atoms with Crippen molar-refractivity contribution in [3.63, 3.8) is 0 Å². The molecule has 0 fully saturated rings. The number of amides is 1. The van der Waals surface area contributed by atoms with Gasteiger partial charge in [0.15, 0.2) is 5.76 Å². The average molecular weight is 341 g/mol. The SMILES string of the molecule is COc1ccc(F)cc1COc1ccc(NC(=O)c2ccco2)cc1. The third-order valence-electron chi connectivity index (χ3n) is 3.49. The number of carbonyl (C=O) groups excluding carboxylic acids is 1. The van der Waals surface area contributed by atoms with Gasteiger partial charge >= 0.3 is 0 Å². The van der Waals surface area contributed by atoms with E-state index in [1.807, 2.05) is 0 Å². The lowest BCUT2D eigenvalue weighted by Crippen LogP contribution is -2.10. The number of anilines is 1. The highest BCUT2D eigenvalue weighted by Gasteiger charge is 2.09. The van der Waals surface area contributed by atoms with Gasteiger partial charge in [-0.2, -0.15) is 0 Å². The monoisotopic (exact) mass is 341 g/mol. The van der Waals surface area contributed by atoms with E-state index in [4.69, 9.17) is 13.9 Å². The third kappa shape index (κ3) is 4.17. The number of halogens is 1. The molecular formula is C19H16FNO4. The summed E-state index contributed by atoms with van der Waals surface area (Å²) in [6.07, 6.45) is 1.44. The van der Waals surface area contributed by atoms with E-state index in [-0.39, 0.29) is 24.1 Å². The molecule has 3 rings (SSSR count). The summed E-state index contributed by atoms with van der Waals surface area (Å²) in [6, 6.07) is 14.3. The van der Waals surface area contributed by atoms with Crippen LogP contribution >= 0.6 is 0 Å². The summed E-state index contributed by atoms with van der Waals surface area (Å²) in [4.78, 5) is 11.9. The lowest BCUT2D eigenvalue weighted by molar-refractivity contribution is 0.0996. The molecule has 3 aromatic rings. The second-order valence-electron chi connectivity index (χ2n) is 5.20. The van der Waals surface area contributed by atoms with Crippen LogP contribution < -0.4 is 14.8 Å². The lowest BCUT2D eigenvalue weighted by atomic mass is 10.2. The van der Waals surface area contributed by atoms with Crippen LogP contribution in [0.4, 0.5) is 10.1 Å². The summed E-state index contributed by atoms with van der Waals surface area (Å²) in [5.41, 5.74) is 1.22. The molecule has 1 heterocycles. The average Bonchev–Trinajstić information content (AvgIpc) is 3.16. The molecule has 1 aromatic heterocycles. The third-order valence-corrected chi connectivity index (χ3v) is 3.49. The van der Waals surface area contributed by atoms with E-state index in [0.29, 0.717) is 22.7 Å². The number of ether oxygens (including phenoxy) is 2. The Morgan fingerprint density at radius 2 is 1.96 bits per heavy atom. The van der Waals surface area contributed by atoms with E-state index >= 15 is 0 Å². The Bertz CT molecular complexity index is 844. The van der Waals surface area contributed by atoms with E-state index in [0.717, 1.165) is 0 Å². The normalized spacial score (nSPS) is 10.3. The molecule has 0 unspecified atom stereocenters. The molecule has 0 spiro atoms. The largest absolute Gasteiger partial charge is 0.496 e. The van der Waals surface area contributed by atoms with Crippen molar-refractivity contribution in [2.75, 3.05) is 12.4 Å². The Hall–Kier alpha value is -3.28. The maximum absolute atomic E-state index is 13.3. The smallest absolute Gasteiger partial charge is 0.291 e. The van der Waals surface area contributed by atoms with Crippen LogP contribution in [0, 0.1) is 5.82 Å². The van der Waals surface area contributed by atoms with Crippen molar-refractivity contribution in [1.29, 1.82) is 0 Å². The van der Waals surface area contributed by atoms with Crippen LogP contribution in [0.15, 0.2) is 65.3 Å². The summed E-state index contributed by atoms with van der Waals surface area (Å²) >= 11 is 0. The minimum atomic E-state index is -0.351. The molecule has 2 aromatic carbocycles. The van der Waals surface area contributed by atoms with Gasteiger partial charge in [0, 0.05) is 11.3 Å². The van der Waals surface area contributed by atoms with Gasteiger partial charge in [-0.25, -0.2) is 4.39 Å². The first kappa shape index (κ1) is 16.6. The predicted octanol–water partition coefficient (Wildman–Crippen LogP) is 4.26. The molecule has 128 valence electrons. The highest BCUT2D eigenvalue weighted by atomic mass is 19.1. The number of rotatable bonds is 6. The van der Waals surface area contributed by atoms with E-state index in [9.17, 15) is 9.18 Å². The van der Waals surface area contributed by atoms with Crippen LogP contribution in [0.3, 0.4) is 0 Å². The van der Waals surface area contributed by atoms with E-state index in [2.05, 4.69) is 5.32 Å². The molecule has 6 heteroatoms. The van der Waals surface area contributed by atoms with Crippen molar-refractivity contribution in [3.8, 4) is 11.5 Å². The van der Waals surface area contributed by atoms with Gasteiger partial charge in [0.2, 0.25) is 0 Å². The maximum atomic E-state index is 13.3. The van der Waals surface area contributed by atoms with Crippen LogP contribution in [0.2, 0.25) is 0 Å². The van der Waals surface area contributed by atoms with Crippen molar-refractivity contribution in [2.24, 2.45) is 0 Å². The number of hydrogen-bond acceptors (Lipinski definition) is 4. The first-order valence-electron chi connectivity index (χ1n) is 7.56. The van der Waals surface area contributed by atoms with Crippen molar-refractivity contribution >= 4 is 11.6 Å². The summed E-state index contributed by atoms with van der Waals surface area (Å²) in [5, 5.41) is 2.71. The van der Waals surface area contributed by atoms with Crippen LogP contribution in [0.1, 0.15) is 16.1 Å². The number of methoxy groups -OCH3 is 1. The molecule has 0 bridgehead atoms. The molecule has 25 heavy (non-hydrogen) atoms. The topological polar surface area (TPSA) is 60.7 Å². The van der Waals surface area contributed by atoms with Crippen LogP contribution in [-0.4, -0.2) is 13.0 Å². The number of nitrogens with one attached hydrogen (secondary N) is 1. The zero-order valence-electron chi connectivity index (χ0n) is 13.5. The Balaban J connectivity index is 1.61. The van der Waals surface area contributed by atoms with Crippen molar-refractivity contribution in [2.45, 2.75) is 6.61 Å². The number of furan rings is 1. The van der Waals surface area contributed by atoms with Gasteiger partial charge < -0.3 is 19.2 Å². The number of carbonyl (C=O) groups is 1. The molecule has 0 aliphatic carbocycles. The Kier molecular flexibility index (Phi) is 4.99. The van der Waals surface area contributed by atoms with Crippen LogP contribution in [0.25, 0.3) is 0 Å². The summed E-state index contributed by atoms with van der Waals surface area (Å²) in [7, 11) is 1.52. The highest BCUT2D eigenvalue weighted by Crippen LogP contribution is 2.23. The lowest BCUT2D eigenvalue weighted by Gasteiger charge is -2.11. The fourth-order valence-electron chi connectivity index (χ4n) is 2.26. The Morgan fingerprint density at radius 3 is 2.64 bits per heavy atom. The zero-order valence-corrected chi connectivity index (χ0v) is 13.5. The van der Waals surface area contributed by atoms with Crippen LogP contribution in [-0.2, 0) is 6.61 Å². The first-order chi connectivity index (χ1) is 12.2. The fourth-order valence-corrected chi connectivity index (χ4v) is 2.26. The van der Waals surface area contributed by atoms with E-state index < -0.39 is 0 Å². The van der Waals surface area contributed by atoms with Crippen molar-refractivity contribution in [1.82, 2.24) is 0 Å². The molecule has 0 aliphatic heterocycles. The molecule has 1 N–H and O–H groups in total. The molecule has 0 saturated heterocycles. The number of benzene rings is 2. The van der Waals surface area contributed by atoms with Gasteiger partial charge in [-0.3, -0.25) is 4.79 Å². The van der Waals surface area contributed by atoms with Crippen molar-refractivity contribution in [3.05, 3.63) is 78.0 Å². The molecule has 0 saturated carbocycles. The highest BCUT2D eigenvalue weighted by molar-refractivity contribution is 6.02. The molecule has 0 atom stereocenters. The maximum Gasteiger partial charge on any atom is 0.291 e. The van der Waals surface area contributed by atoms with E-state index in [1.165, 1.54) is 25.5 Å². The molecule has 0 radical (unpaired) electrons. The predicted molar refractivity (Wildman–Crippen MR) is 90.4 cm³/mol. The first-order valence-corrected chi connectivity index (χ1v) is 7.56.